The van der Waals surface area contributed by atoms with Gasteiger partial charge in [-0.2, -0.15) is 0 Å². The van der Waals surface area contributed by atoms with E-state index in [0.29, 0.717) is 11.5 Å². The minimum Gasteiger partial charge on any atom is -0.455 e. The highest BCUT2D eigenvalue weighted by atomic mass is 79.9. The number of carbonyl (C=O) groups is 1. The highest BCUT2D eigenvalue weighted by molar-refractivity contribution is 9.10. The van der Waals surface area contributed by atoms with Crippen molar-refractivity contribution in [2.75, 3.05) is 0 Å². The third-order valence-corrected chi connectivity index (χ3v) is 6.05. The molecular formula is C18H20BrNO3S. The molecule has 4 nitrogen and oxygen atoms in total. The van der Waals surface area contributed by atoms with Crippen molar-refractivity contribution < 1.29 is 13.4 Å². The summed E-state index contributed by atoms with van der Waals surface area (Å²) in [5.74, 6) is 0.939. The molecule has 6 heteroatoms. The first-order valence-electron chi connectivity index (χ1n) is 8.15. The zero-order chi connectivity index (χ0) is 16.9. The number of benzene rings is 1. The van der Waals surface area contributed by atoms with Gasteiger partial charge in [-0.1, -0.05) is 35.2 Å². The molecule has 2 aromatic rings. The Morgan fingerprint density at radius 1 is 1.12 bits per heavy atom. The number of halogens is 1. The van der Waals surface area contributed by atoms with Gasteiger partial charge in [-0.15, -0.1) is 0 Å². The lowest BCUT2D eigenvalue weighted by atomic mass is 9.95. The fourth-order valence-electron chi connectivity index (χ4n) is 2.88. The van der Waals surface area contributed by atoms with E-state index in [9.17, 15) is 9.00 Å². The first-order chi connectivity index (χ1) is 11.6. The van der Waals surface area contributed by atoms with Gasteiger partial charge < -0.3 is 9.73 Å². The van der Waals surface area contributed by atoms with Crippen LogP contribution in [0.5, 0.6) is 0 Å². The van der Waals surface area contributed by atoms with Crippen LogP contribution < -0.4 is 5.32 Å². The van der Waals surface area contributed by atoms with Gasteiger partial charge in [0.15, 0.2) is 5.76 Å². The van der Waals surface area contributed by atoms with E-state index < -0.39 is 10.8 Å². The summed E-state index contributed by atoms with van der Waals surface area (Å²) in [6.45, 7) is 0. The average molecular weight is 410 g/mol. The van der Waals surface area contributed by atoms with Crippen molar-refractivity contribution in [1.29, 1.82) is 0 Å². The maximum Gasteiger partial charge on any atom is 0.287 e. The Balaban J connectivity index is 1.59. The SMILES string of the molecule is O=C(NC1CCCCC1)c1ccc(CS(=O)c2ccc(Br)cc2)o1. The molecule has 1 aromatic heterocycles. The van der Waals surface area contributed by atoms with E-state index in [1.54, 1.807) is 12.1 Å². The van der Waals surface area contributed by atoms with Crippen LogP contribution in [-0.2, 0) is 16.6 Å². The number of furan rings is 1. The summed E-state index contributed by atoms with van der Waals surface area (Å²) in [5.41, 5.74) is 0. The molecule has 0 aliphatic heterocycles. The summed E-state index contributed by atoms with van der Waals surface area (Å²) in [5, 5.41) is 3.03. The summed E-state index contributed by atoms with van der Waals surface area (Å²) in [7, 11) is -1.20. The highest BCUT2D eigenvalue weighted by Crippen LogP contribution is 2.20. The highest BCUT2D eigenvalue weighted by Gasteiger charge is 2.19. The second-order valence-corrected chi connectivity index (χ2v) is 8.38. The van der Waals surface area contributed by atoms with Crippen LogP contribution in [0.25, 0.3) is 0 Å². The molecule has 0 bridgehead atoms. The molecule has 1 aliphatic carbocycles. The van der Waals surface area contributed by atoms with Crippen LogP contribution in [0.15, 0.2) is 50.2 Å². The van der Waals surface area contributed by atoms with Crippen molar-refractivity contribution in [1.82, 2.24) is 5.32 Å². The van der Waals surface area contributed by atoms with Gasteiger partial charge in [-0.05, 0) is 49.2 Å². The standard InChI is InChI=1S/C18H20BrNO3S/c19-13-6-9-16(10-7-13)24(22)12-15-8-11-17(23-15)18(21)20-14-4-2-1-3-5-14/h6-11,14H,1-5,12H2,(H,20,21). The molecule has 1 unspecified atom stereocenters. The van der Waals surface area contributed by atoms with E-state index in [1.165, 1.54) is 19.3 Å². The molecule has 0 radical (unpaired) electrons. The minimum atomic E-state index is -1.20. The fraction of sp³-hybridized carbons (Fsp3) is 0.389. The topological polar surface area (TPSA) is 59.3 Å². The van der Waals surface area contributed by atoms with Crippen molar-refractivity contribution >= 4 is 32.6 Å². The summed E-state index contributed by atoms with van der Waals surface area (Å²) < 4.78 is 18.9. The number of amides is 1. The first-order valence-corrected chi connectivity index (χ1v) is 10.3. The second kappa shape index (κ2) is 8.12. The number of hydrogen-bond acceptors (Lipinski definition) is 3. The van der Waals surface area contributed by atoms with Crippen LogP contribution in [0.4, 0.5) is 0 Å². The van der Waals surface area contributed by atoms with Gasteiger partial charge in [0.1, 0.15) is 5.76 Å². The van der Waals surface area contributed by atoms with Gasteiger partial charge in [0.25, 0.3) is 5.91 Å². The van der Waals surface area contributed by atoms with E-state index >= 15 is 0 Å². The summed E-state index contributed by atoms with van der Waals surface area (Å²) in [6.07, 6.45) is 5.65. The van der Waals surface area contributed by atoms with Crippen LogP contribution in [-0.4, -0.2) is 16.2 Å². The van der Waals surface area contributed by atoms with Gasteiger partial charge >= 0.3 is 0 Å². The lowest BCUT2D eigenvalue weighted by molar-refractivity contribution is 0.0898. The van der Waals surface area contributed by atoms with Crippen LogP contribution in [0.3, 0.4) is 0 Å². The van der Waals surface area contributed by atoms with Gasteiger partial charge in [0.05, 0.1) is 16.6 Å². The predicted octanol–water partition coefficient (Wildman–Crippen LogP) is 4.41. The molecule has 24 heavy (non-hydrogen) atoms. The minimum absolute atomic E-state index is 0.178. The number of hydrogen-bond donors (Lipinski definition) is 1. The Labute approximate surface area is 152 Å². The molecule has 1 fully saturated rings. The Bertz CT molecular complexity index is 720. The zero-order valence-electron chi connectivity index (χ0n) is 13.3. The van der Waals surface area contributed by atoms with Crippen LogP contribution in [0.2, 0.25) is 0 Å². The van der Waals surface area contributed by atoms with Crippen molar-refractivity contribution in [3.63, 3.8) is 0 Å². The van der Waals surface area contributed by atoms with Crippen LogP contribution >= 0.6 is 15.9 Å². The van der Waals surface area contributed by atoms with Crippen molar-refractivity contribution in [2.24, 2.45) is 0 Å². The molecule has 3 rings (SSSR count). The maximum absolute atomic E-state index is 12.4. The molecule has 0 saturated heterocycles. The van der Waals surface area contributed by atoms with E-state index in [-0.39, 0.29) is 17.7 Å². The van der Waals surface area contributed by atoms with Gasteiger partial charge in [0, 0.05) is 15.4 Å². The number of rotatable bonds is 5. The monoisotopic (exact) mass is 409 g/mol. The largest absolute Gasteiger partial charge is 0.455 e. The molecule has 1 saturated carbocycles. The number of carbonyl (C=O) groups excluding carboxylic acids is 1. The zero-order valence-corrected chi connectivity index (χ0v) is 15.7. The Kier molecular flexibility index (Phi) is 5.89. The van der Waals surface area contributed by atoms with Gasteiger partial charge in [0.2, 0.25) is 0 Å². The van der Waals surface area contributed by atoms with Gasteiger partial charge in [-0.25, -0.2) is 0 Å². The molecule has 0 spiro atoms. The predicted molar refractivity (Wildman–Crippen MR) is 97.3 cm³/mol. The van der Waals surface area contributed by atoms with Crippen molar-refractivity contribution in [3.8, 4) is 0 Å². The third-order valence-electron chi connectivity index (χ3n) is 4.18. The molecule has 1 N–H and O–H groups in total. The molecule has 1 atom stereocenters. The van der Waals surface area contributed by atoms with Crippen LogP contribution in [0, 0.1) is 0 Å². The van der Waals surface area contributed by atoms with Gasteiger partial charge in [-0.3, -0.25) is 9.00 Å². The Morgan fingerprint density at radius 2 is 1.83 bits per heavy atom. The fourth-order valence-corrected chi connectivity index (χ4v) is 4.16. The summed E-state index contributed by atoms with van der Waals surface area (Å²) in [6, 6.07) is 11.0. The first kappa shape index (κ1) is 17.4. The molecule has 1 amide bonds. The van der Waals surface area contributed by atoms with E-state index in [4.69, 9.17) is 4.42 Å². The normalized spacial score (nSPS) is 16.7. The van der Waals surface area contributed by atoms with E-state index in [1.807, 2.05) is 24.3 Å². The van der Waals surface area contributed by atoms with Crippen molar-refractivity contribution in [3.05, 3.63) is 52.4 Å². The molecular weight excluding hydrogens is 390 g/mol. The smallest absolute Gasteiger partial charge is 0.287 e. The Hall–Kier alpha value is -1.40. The third kappa shape index (κ3) is 4.57. The quantitative estimate of drug-likeness (QED) is 0.794. The molecule has 1 heterocycles. The second-order valence-electron chi connectivity index (χ2n) is 6.02. The van der Waals surface area contributed by atoms with Crippen molar-refractivity contribution in [2.45, 2.75) is 48.8 Å². The summed E-state index contributed by atoms with van der Waals surface area (Å²) in [4.78, 5) is 13.0. The molecule has 128 valence electrons. The molecule has 1 aromatic carbocycles. The summed E-state index contributed by atoms with van der Waals surface area (Å²) >= 11 is 3.36. The number of nitrogens with one attached hydrogen (secondary N) is 1. The lowest BCUT2D eigenvalue weighted by Gasteiger charge is -2.22. The maximum atomic E-state index is 12.4. The lowest BCUT2D eigenvalue weighted by Crippen LogP contribution is -2.35. The Morgan fingerprint density at radius 3 is 2.54 bits per heavy atom. The van der Waals surface area contributed by atoms with E-state index in [2.05, 4.69) is 21.2 Å². The average Bonchev–Trinajstić information content (AvgIpc) is 3.05. The van der Waals surface area contributed by atoms with Crippen LogP contribution in [0.1, 0.15) is 48.4 Å². The molecule has 1 aliphatic rings. The van der Waals surface area contributed by atoms with E-state index in [0.717, 1.165) is 22.2 Å².